The summed E-state index contributed by atoms with van der Waals surface area (Å²) in [5, 5.41) is 21.3. The third kappa shape index (κ3) is 6.46. The molecule has 2 N–H and O–H groups in total. The third-order valence-corrected chi connectivity index (χ3v) is 11.7. The van der Waals surface area contributed by atoms with Gasteiger partial charge in [-0.05, 0) is 37.1 Å². The largest absolute Gasteiger partial charge is 0.491 e. The quantitative estimate of drug-likeness (QED) is 0.489. The van der Waals surface area contributed by atoms with E-state index in [0.29, 0.717) is 0 Å². The lowest BCUT2D eigenvalue weighted by Gasteiger charge is -2.32. The van der Waals surface area contributed by atoms with Crippen molar-refractivity contribution < 1.29 is 24.5 Å². The smallest absolute Gasteiger partial charge is 0.175 e. The zero-order valence-corrected chi connectivity index (χ0v) is 22.2. The van der Waals surface area contributed by atoms with E-state index in [-0.39, 0.29) is 25.6 Å². The monoisotopic (exact) mass is 472 g/mol. The van der Waals surface area contributed by atoms with Crippen LogP contribution in [0, 0.1) is 19.3 Å². The molecule has 5 nitrogen and oxygen atoms in total. The highest BCUT2D eigenvalue weighted by Gasteiger charge is 2.34. The highest BCUT2D eigenvalue weighted by atomic mass is 28.3. The molecule has 2 aromatic rings. The molecule has 0 aliphatic carbocycles. The minimum atomic E-state index is -2.00. The van der Waals surface area contributed by atoms with Gasteiger partial charge in [-0.15, -0.1) is 0 Å². The van der Waals surface area contributed by atoms with E-state index in [1.54, 1.807) is 0 Å². The number of benzene rings is 2. The lowest BCUT2D eigenvalue weighted by molar-refractivity contribution is -0.128. The van der Waals surface area contributed by atoms with Crippen LogP contribution in [0.5, 0.6) is 11.5 Å². The molecule has 1 atom stereocenters. The summed E-state index contributed by atoms with van der Waals surface area (Å²) in [5.74, 6) is 1.57. The Kier molecular flexibility index (Phi) is 9.29. The first-order chi connectivity index (χ1) is 15.5. The first kappa shape index (κ1) is 27.1. The van der Waals surface area contributed by atoms with Gasteiger partial charge in [-0.25, -0.2) is 0 Å². The van der Waals surface area contributed by atoms with Crippen molar-refractivity contribution in [3.8, 4) is 11.5 Å². The molecule has 2 aromatic carbocycles. The first-order valence-electron chi connectivity index (χ1n) is 11.8. The third-order valence-electron chi connectivity index (χ3n) is 6.50. The number of hydrogen-bond acceptors (Lipinski definition) is 5. The number of ketones is 1. The van der Waals surface area contributed by atoms with Gasteiger partial charge in [0.25, 0.3) is 0 Å². The molecule has 0 aliphatic heterocycles. The molecular weight excluding hydrogens is 432 g/mol. The van der Waals surface area contributed by atoms with Crippen molar-refractivity contribution in [3.05, 3.63) is 47.5 Å². The minimum Gasteiger partial charge on any atom is -0.491 e. The molecule has 0 aliphatic rings. The highest BCUT2D eigenvalue weighted by Crippen LogP contribution is 2.25. The van der Waals surface area contributed by atoms with Gasteiger partial charge in [0.2, 0.25) is 0 Å². The van der Waals surface area contributed by atoms with E-state index in [1.807, 2.05) is 46.8 Å². The molecule has 0 saturated heterocycles. The number of aliphatic hydroxyl groups is 2. The Bertz CT molecular complexity index is 944. The van der Waals surface area contributed by atoms with E-state index in [9.17, 15) is 9.90 Å². The highest BCUT2D eigenvalue weighted by molar-refractivity contribution is 7.02. The van der Waals surface area contributed by atoms with Crippen LogP contribution in [0.25, 0.3) is 0 Å². The van der Waals surface area contributed by atoms with E-state index in [1.165, 1.54) is 10.4 Å². The summed E-state index contributed by atoms with van der Waals surface area (Å²) < 4.78 is 11.6. The molecule has 2 rings (SSSR count). The molecule has 0 spiro atoms. The summed E-state index contributed by atoms with van der Waals surface area (Å²) in [7, 11) is -2.00. The topological polar surface area (TPSA) is 76.0 Å². The summed E-state index contributed by atoms with van der Waals surface area (Å²) in [4.78, 5) is 12.3. The van der Waals surface area contributed by atoms with E-state index in [2.05, 4.69) is 38.1 Å². The van der Waals surface area contributed by atoms with Crippen LogP contribution >= 0.6 is 0 Å². The number of carbonyl (C=O) groups excluding carboxylic acids is 1. The Balaban J connectivity index is 2.32. The summed E-state index contributed by atoms with van der Waals surface area (Å²) in [6.07, 6.45) is -0.883. The van der Waals surface area contributed by atoms with Crippen LogP contribution in [0.15, 0.2) is 36.4 Å². The van der Waals surface area contributed by atoms with E-state index in [0.717, 1.165) is 34.7 Å². The summed E-state index contributed by atoms with van der Waals surface area (Å²) >= 11 is 0. The molecule has 33 heavy (non-hydrogen) atoms. The van der Waals surface area contributed by atoms with Crippen LogP contribution in [0.3, 0.4) is 0 Å². The molecule has 6 heteroatoms. The van der Waals surface area contributed by atoms with Crippen LogP contribution in [0.1, 0.15) is 45.7 Å². The number of aliphatic hydroxyl groups excluding tert-OH is 2. The van der Waals surface area contributed by atoms with Crippen LogP contribution in [-0.2, 0) is 4.79 Å². The second kappa shape index (κ2) is 11.3. The second-order valence-corrected chi connectivity index (χ2v) is 14.6. The first-order valence-corrected chi connectivity index (χ1v) is 14.2. The minimum absolute atomic E-state index is 0.0686. The van der Waals surface area contributed by atoms with Crippen molar-refractivity contribution in [2.45, 2.75) is 66.7 Å². The number of rotatable bonds is 11. The lowest BCUT2D eigenvalue weighted by Crippen LogP contribution is -2.57. The van der Waals surface area contributed by atoms with Crippen molar-refractivity contribution >= 4 is 24.2 Å². The molecule has 182 valence electrons. The molecule has 0 unspecified atom stereocenters. The Hall–Kier alpha value is -2.15. The van der Waals surface area contributed by atoms with Gasteiger partial charge in [0, 0.05) is 5.41 Å². The van der Waals surface area contributed by atoms with E-state index in [4.69, 9.17) is 14.6 Å². The summed E-state index contributed by atoms with van der Waals surface area (Å²) in [6.45, 7) is 14.1. The lowest BCUT2D eigenvalue weighted by atomic mass is 9.91. The van der Waals surface area contributed by atoms with Crippen molar-refractivity contribution in [1.82, 2.24) is 0 Å². The van der Waals surface area contributed by atoms with Crippen molar-refractivity contribution in [2.24, 2.45) is 5.41 Å². The zero-order chi connectivity index (χ0) is 24.8. The SMILES string of the molecule is CC[Si](CC)(c1ccc(OCC(=O)C(C)(C)C)c(C)c1)c1ccc(OC[C@H](O)CO)c(C)c1. The maximum absolute atomic E-state index is 12.3. The standard InChI is InChI=1S/C27H40O5Si/c1-8-33(9-2,22-10-12-24(19(3)14-22)31-17-21(29)16-28)23-11-13-25(20(4)15-23)32-18-26(30)27(5,6)7/h10-15,21,28-29H,8-9,16-18H2,1-7H3/t21-/m1/s1. The zero-order valence-electron chi connectivity index (χ0n) is 21.2. The van der Waals surface area contributed by atoms with Crippen molar-refractivity contribution in [3.63, 3.8) is 0 Å². The molecule has 0 heterocycles. The van der Waals surface area contributed by atoms with Gasteiger partial charge in [0.05, 0.1) is 6.61 Å². The van der Waals surface area contributed by atoms with Crippen LogP contribution in [-0.4, -0.2) is 50.0 Å². The Morgan fingerprint density at radius 1 is 0.939 bits per heavy atom. The molecule has 0 saturated carbocycles. The van der Waals surface area contributed by atoms with Crippen LogP contribution in [0.2, 0.25) is 12.1 Å². The Morgan fingerprint density at radius 3 is 1.82 bits per heavy atom. The number of hydrogen-bond donors (Lipinski definition) is 2. The van der Waals surface area contributed by atoms with Crippen LogP contribution in [0.4, 0.5) is 0 Å². The number of Topliss-reactive ketones (excluding diaryl/α,β-unsaturated/α-hetero) is 1. The Morgan fingerprint density at radius 2 is 1.42 bits per heavy atom. The van der Waals surface area contributed by atoms with Gasteiger partial charge in [-0.1, -0.05) is 81.3 Å². The number of aryl methyl sites for hydroxylation is 2. The average molecular weight is 473 g/mol. The van der Waals surface area contributed by atoms with Gasteiger partial charge < -0.3 is 19.7 Å². The molecule has 0 fully saturated rings. The van der Waals surface area contributed by atoms with Gasteiger partial charge in [-0.2, -0.15) is 0 Å². The van der Waals surface area contributed by atoms with Crippen molar-refractivity contribution in [2.75, 3.05) is 19.8 Å². The number of ether oxygens (including phenoxy) is 2. The molecule has 0 radical (unpaired) electrons. The maximum Gasteiger partial charge on any atom is 0.175 e. The molecule has 0 amide bonds. The fourth-order valence-corrected chi connectivity index (χ4v) is 8.31. The van der Waals surface area contributed by atoms with Gasteiger partial charge in [0.1, 0.15) is 38.9 Å². The predicted octanol–water partition coefficient (Wildman–Crippen LogP) is 3.63. The fraction of sp³-hybridized carbons (Fsp3) is 0.519. The fourth-order valence-electron chi connectivity index (χ4n) is 4.05. The maximum atomic E-state index is 12.3. The summed E-state index contributed by atoms with van der Waals surface area (Å²) in [6, 6.07) is 14.9. The van der Waals surface area contributed by atoms with Gasteiger partial charge in [-0.3, -0.25) is 4.79 Å². The predicted molar refractivity (Wildman–Crippen MR) is 137 cm³/mol. The van der Waals surface area contributed by atoms with Gasteiger partial charge in [0.15, 0.2) is 5.78 Å². The second-order valence-electron chi connectivity index (χ2n) is 9.86. The van der Waals surface area contributed by atoms with Crippen LogP contribution < -0.4 is 19.8 Å². The van der Waals surface area contributed by atoms with Gasteiger partial charge >= 0.3 is 0 Å². The Labute approximate surface area is 199 Å². The normalized spacial score (nSPS) is 13.0. The molecule has 0 aromatic heterocycles. The number of carbonyl (C=O) groups is 1. The molecular formula is C27H40O5Si. The van der Waals surface area contributed by atoms with E-state index >= 15 is 0 Å². The molecule has 0 bridgehead atoms. The van der Waals surface area contributed by atoms with Crippen molar-refractivity contribution in [1.29, 1.82) is 0 Å². The average Bonchev–Trinajstić information content (AvgIpc) is 2.78. The van der Waals surface area contributed by atoms with E-state index < -0.39 is 19.6 Å². The summed E-state index contributed by atoms with van der Waals surface area (Å²) in [5.41, 5.74) is 1.65.